The molecule has 0 saturated carbocycles. The predicted molar refractivity (Wildman–Crippen MR) is 187 cm³/mol. The van der Waals surface area contributed by atoms with Crippen LogP contribution in [0.2, 0.25) is 0 Å². The zero-order valence-corrected chi connectivity index (χ0v) is 25.1. The summed E-state index contributed by atoms with van der Waals surface area (Å²) in [6.45, 7) is 4.75. The summed E-state index contributed by atoms with van der Waals surface area (Å²) < 4.78 is 0. The summed E-state index contributed by atoms with van der Waals surface area (Å²) in [6.07, 6.45) is 6.93. The Bertz CT molecular complexity index is 2260. The first kappa shape index (κ1) is 24.8. The third-order valence-corrected chi connectivity index (χ3v) is 11.7. The highest BCUT2D eigenvalue weighted by atomic mass is 32.2. The quantitative estimate of drug-likeness (QED) is 0.183. The van der Waals surface area contributed by atoms with Crippen LogP contribution in [-0.4, -0.2) is 4.86 Å². The third-order valence-electron chi connectivity index (χ3n) is 9.60. The van der Waals surface area contributed by atoms with E-state index in [4.69, 9.17) is 0 Å². The standard InChI is InChI=1S/C42H30S/c1-42(2)38-19-16-32(31-13-11-27-7-3-4-9-30(27)23-31)24-37(38)36-18-15-33(25-39(36)42)34-14-12-29-17-20-40-35-10-6-5-8-28(35)21-22-43(40)41(29)26-34/h3-26H,1-2H3. The van der Waals surface area contributed by atoms with Gasteiger partial charge < -0.3 is 0 Å². The van der Waals surface area contributed by atoms with E-state index in [-0.39, 0.29) is 15.9 Å². The van der Waals surface area contributed by atoms with E-state index in [1.165, 1.54) is 81.7 Å². The maximum atomic E-state index is 2.45. The number of rotatable bonds is 2. The van der Waals surface area contributed by atoms with Crippen molar-refractivity contribution in [2.24, 2.45) is 0 Å². The molecule has 43 heavy (non-hydrogen) atoms. The molecular weight excluding hydrogens is 537 g/mol. The van der Waals surface area contributed by atoms with Crippen LogP contribution < -0.4 is 0 Å². The fourth-order valence-corrected chi connectivity index (χ4v) is 9.34. The van der Waals surface area contributed by atoms with Gasteiger partial charge in [-0.15, -0.1) is 10.5 Å². The van der Waals surface area contributed by atoms with Crippen LogP contribution in [0.1, 0.15) is 41.7 Å². The van der Waals surface area contributed by atoms with Gasteiger partial charge in [0.2, 0.25) is 0 Å². The molecule has 0 bridgehead atoms. The van der Waals surface area contributed by atoms with E-state index in [2.05, 4.69) is 159 Å². The Labute approximate surface area is 255 Å². The van der Waals surface area contributed by atoms with Crippen molar-refractivity contribution in [3.63, 3.8) is 0 Å². The van der Waals surface area contributed by atoms with Gasteiger partial charge in [-0.25, -0.2) is 0 Å². The maximum Gasteiger partial charge on any atom is 0.0159 e. The maximum absolute atomic E-state index is 2.45. The number of fused-ring (bicyclic) bond motifs is 8. The Morgan fingerprint density at radius 2 is 1.19 bits per heavy atom. The zero-order chi connectivity index (χ0) is 28.7. The lowest BCUT2D eigenvalue weighted by Crippen LogP contribution is -2.15. The molecule has 6 aromatic rings. The Balaban J connectivity index is 1.13. The third kappa shape index (κ3) is 3.75. The molecule has 1 atom stereocenters. The van der Waals surface area contributed by atoms with Crippen molar-refractivity contribution in [1.82, 2.24) is 0 Å². The molecule has 9 rings (SSSR count). The van der Waals surface area contributed by atoms with Crippen LogP contribution in [0.25, 0.3) is 56.3 Å². The molecular formula is C42H30S. The lowest BCUT2D eigenvalue weighted by atomic mass is 9.81. The molecule has 1 unspecified atom stereocenters. The molecule has 3 aliphatic rings. The summed E-state index contributed by atoms with van der Waals surface area (Å²) in [5, 5.41) is 4.97. The van der Waals surface area contributed by atoms with Crippen molar-refractivity contribution >= 4 is 38.3 Å². The van der Waals surface area contributed by atoms with E-state index < -0.39 is 0 Å². The smallest absolute Gasteiger partial charge is 0.0159 e. The molecule has 2 heterocycles. The molecule has 204 valence electrons. The van der Waals surface area contributed by atoms with Crippen LogP contribution in [0.15, 0.2) is 138 Å². The van der Waals surface area contributed by atoms with E-state index in [9.17, 15) is 0 Å². The van der Waals surface area contributed by atoms with Gasteiger partial charge in [0, 0.05) is 15.2 Å². The van der Waals surface area contributed by atoms with Gasteiger partial charge in [0.15, 0.2) is 0 Å². The van der Waals surface area contributed by atoms with Crippen LogP contribution in [0, 0.1) is 0 Å². The molecule has 0 radical (unpaired) electrons. The van der Waals surface area contributed by atoms with Crippen molar-refractivity contribution in [1.29, 1.82) is 0 Å². The molecule has 1 heteroatoms. The number of benzene rings is 6. The first-order valence-corrected chi connectivity index (χ1v) is 16.3. The van der Waals surface area contributed by atoms with Gasteiger partial charge in [-0.2, -0.15) is 0 Å². The van der Waals surface area contributed by atoms with Crippen molar-refractivity contribution in [3.05, 3.63) is 161 Å². The van der Waals surface area contributed by atoms with Crippen molar-refractivity contribution < 1.29 is 0 Å². The van der Waals surface area contributed by atoms with Gasteiger partial charge in [0.1, 0.15) is 0 Å². The lowest BCUT2D eigenvalue weighted by Gasteiger charge is -2.24. The highest BCUT2D eigenvalue weighted by molar-refractivity contribution is 8.19. The van der Waals surface area contributed by atoms with Gasteiger partial charge in [-0.05, 0) is 114 Å². The predicted octanol–water partition coefficient (Wildman–Crippen LogP) is 11.3. The average molecular weight is 567 g/mol. The molecule has 0 saturated heterocycles. The first-order chi connectivity index (χ1) is 21.0. The average Bonchev–Trinajstić information content (AvgIpc) is 3.29. The minimum Gasteiger partial charge on any atom is -0.122 e. The van der Waals surface area contributed by atoms with Crippen molar-refractivity contribution in [2.45, 2.75) is 24.2 Å². The van der Waals surface area contributed by atoms with Crippen molar-refractivity contribution in [3.8, 4) is 33.4 Å². The first-order valence-electron chi connectivity index (χ1n) is 15.0. The molecule has 6 aromatic carbocycles. The van der Waals surface area contributed by atoms with Gasteiger partial charge in [0.25, 0.3) is 0 Å². The molecule has 0 nitrogen and oxygen atoms in total. The molecule has 1 aliphatic carbocycles. The summed E-state index contributed by atoms with van der Waals surface area (Å²) in [4.78, 5) is 2.85. The van der Waals surface area contributed by atoms with Crippen LogP contribution >= 0.6 is 10.5 Å². The highest BCUT2D eigenvalue weighted by Gasteiger charge is 2.35. The van der Waals surface area contributed by atoms with E-state index in [1.54, 1.807) is 0 Å². The Morgan fingerprint density at radius 3 is 2.12 bits per heavy atom. The number of hydrogen-bond donors (Lipinski definition) is 0. The van der Waals surface area contributed by atoms with Gasteiger partial charge in [0.05, 0.1) is 0 Å². The summed E-state index contributed by atoms with van der Waals surface area (Å²) in [5.41, 5.74) is 14.6. The number of hydrogen-bond acceptors (Lipinski definition) is 0. The fourth-order valence-electron chi connectivity index (χ4n) is 7.24. The molecule has 2 aliphatic heterocycles. The summed E-state index contributed by atoms with van der Waals surface area (Å²) in [5.74, 6) is 0. The SMILES string of the molecule is CC1(C)c2ccc(-c3ccc4ccccc4c3)cc2-c2ccc(-c3ccc4c(c3)S3=C(C=C4)c4ccccc4C=C3)cc21. The Hall–Kier alpha value is -4.72. The molecule has 0 fully saturated rings. The zero-order valence-electron chi connectivity index (χ0n) is 24.3. The van der Waals surface area contributed by atoms with Crippen LogP contribution in [0.4, 0.5) is 0 Å². The van der Waals surface area contributed by atoms with Crippen molar-refractivity contribution in [2.75, 3.05) is 0 Å². The summed E-state index contributed by atoms with van der Waals surface area (Å²) >= 11 is 0. The van der Waals surface area contributed by atoms with E-state index in [0.717, 1.165) is 0 Å². The van der Waals surface area contributed by atoms with Gasteiger partial charge in [-0.1, -0.05) is 117 Å². The normalized spacial score (nSPS) is 16.8. The second kappa shape index (κ2) is 9.14. The lowest BCUT2D eigenvalue weighted by molar-refractivity contribution is 0.660. The highest BCUT2D eigenvalue weighted by Crippen LogP contribution is 2.51. The monoisotopic (exact) mass is 566 g/mol. The molecule has 0 spiro atoms. The van der Waals surface area contributed by atoms with Crippen LogP contribution in [0.5, 0.6) is 0 Å². The summed E-state index contributed by atoms with van der Waals surface area (Å²) in [6, 6.07) is 45.4. The van der Waals surface area contributed by atoms with Crippen LogP contribution in [-0.2, 0) is 5.41 Å². The minimum absolute atomic E-state index is 0.0507. The second-order valence-electron chi connectivity index (χ2n) is 12.4. The fraction of sp³-hybridized carbons (Fsp3) is 0.0714. The molecule has 0 aromatic heterocycles. The Kier molecular flexibility index (Phi) is 5.28. The largest absolute Gasteiger partial charge is 0.122 e. The topological polar surface area (TPSA) is 0 Å². The van der Waals surface area contributed by atoms with Gasteiger partial charge in [-0.3, -0.25) is 0 Å². The molecule has 0 amide bonds. The van der Waals surface area contributed by atoms with E-state index in [1.807, 2.05) is 0 Å². The van der Waals surface area contributed by atoms with Gasteiger partial charge >= 0.3 is 0 Å². The Morgan fingerprint density at radius 1 is 0.465 bits per heavy atom. The van der Waals surface area contributed by atoms with E-state index in [0.29, 0.717) is 0 Å². The second-order valence-corrected chi connectivity index (χ2v) is 14.2. The van der Waals surface area contributed by atoms with E-state index >= 15 is 0 Å². The van der Waals surface area contributed by atoms with Crippen LogP contribution in [0.3, 0.4) is 0 Å². The summed E-state index contributed by atoms with van der Waals surface area (Å²) in [7, 11) is -0.0507. The number of allylic oxidation sites excluding steroid dienone is 1. The molecule has 0 N–H and O–H groups in total. The minimum atomic E-state index is -0.0575.